The number of H-pyrrole nitrogens is 1. The molecule has 0 bridgehead atoms. The van der Waals surface area contributed by atoms with Gasteiger partial charge in [0.15, 0.2) is 0 Å². The third-order valence-corrected chi connectivity index (χ3v) is 3.70. The number of hydrogen-bond acceptors (Lipinski definition) is 3. The van der Waals surface area contributed by atoms with Crippen LogP contribution >= 0.6 is 11.6 Å². The highest BCUT2D eigenvalue weighted by atomic mass is 35.5. The number of nitrogens with one attached hydrogen (secondary N) is 1. The molecule has 0 fully saturated rings. The number of aromatic amines is 1. The zero-order valence-corrected chi connectivity index (χ0v) is 12.6. The molecule has 0 amide bonds. The Morgan fingerprint density at radius 1 is 1.00 bits per heavy atom. The van der Waals surface area contributed by atoms with Crippen LogP contribution in [0.5, 0.6) is 0 Å². The highest BCUT2D eigenvalue weighted by molar-refractivity contribution is 6.35. The Morgan fingerprint density at radius 2 is 1.57 bits per heavy atom. The Hall–Kier alpha value is -2.84. The Balaban J connectivity index is 2.27. The summed E-state index contributed by atoms with van der Waals surface area (Å²) < 4.78 is 0. The first kappa shape index (κ1) is 15.1. The van der Waals surface area contributed by atoms with Crippen molar-refractivity contribution in [3.8, 4) is 28.3 Å². The molecule has 1 heterocycles. The monoisotopic (exact) mass is 317 g/mol. The first-order valence-corrected chi connectivity index (χ1v) is 7.12. The lowest BCUT2D eigenvalue weighted by atomic mass is 9.87. The van der Waals surface area contributed by atoms with Crippen molar-refractivity contribution in [1.82, 2.24) is 10.2 Å². The van der Waals surface area contributed by atoms with Crippen LogP contribution in [0, 0.1) is 11.3 Å². The van der Waals surface area contributed by atoms with Gasteiger partial charge in [0.1, 0.15) is 7.85 Å². The largest absolute Gasteiger partial charge is 0.272 e. The third kappa shape index (κ3) is 2.89. The SMILES string of the molecule is [B]c1n[nH]c(=O)c(-c2ccc(C#N)cc2)c1-c1ccc(Cl)cc1. The van der Waals surface area contributed by atoms with Gasteiger partial charge in [-0.05, 0) is 35.4 Å². The molecule has 0 aliphatic heterocycles. The second-order valence-electron chi connectivity index (χ2n) is 4.88. The molecule has 2 aromatic carbocycles. The fourth-order valence-corrected chi connectivity index (χ4v) is 2.49. The van der Waals surface area contributed by atoms with E-state index in [1.807, 2.05) is 6.07 Å². The molecule has 0 spiro atoms. The normalized spacial score (nSPS) is 10.3. The molecule has 2 radical (unpaired) electrons. The van der Waals surface area contributed by atoms with Gasteiger partial charge < -0.3 is 0 Å². The second-order valence-corrected chi connectivity index (χ2v) is 5.32. The summed E-state index contributed by atoms with van der Waals surface area (Å²) in [6.07, 6.45) is 0. The van der Waals surface area contributed by atoms with E-state index in [9.17, 15) is 4.79 Å². The molecule has 0 saturated carbocycles. The maximum atomic E-state index is 12.3. The number of aromatic nitrogens is 2. The van der Waals surface area contributed by atoms with Crippen molar-refractivity contribution >= 4 is 25.0 Å². The van der Waals surface area contributed by atoms with E-state index >= 15 is 0 Å². The van der Waals surface area contributed by atoms with Gasteiger partial charge >= 0.3 is 0 Å². The van der Waals surface area contributed by atoms with Gasteiger partial charge in [0, 0.05) is 16.2 Å². The predicted molar refractivity (Wildman–Crippen MR) is 90.8 cm³/mol. The summed E-state index contributed by atoms with van der Waals surface area (Å²) in [6.45, 7) is 0. The van der Waals surface area contributed by atoms with Gasteiger partial charge in [-0.25, -0.2) is 5.10 Å². The van der Waals surface area contributed by atoms with Gasteiger partial charge in [-0.1, -0.05) is 35.9 Å². The van der Waals surface area contributed by atoms with Crippen LogP contribution in [0.2, 0.25) is 5.02 Å². The lowest BCUT2D eigenvalue weighted by Gasteiger charge is -2.12. The first-order valence-electron chi connectivity index (χ1n) is 6.75. The maximum Gasteiger partial charge on any atom is 0.272 e. The summed E-state index contributed by atoms with van der Waals surface area (Å²) in [4.78, 5) is 12.3. The van der Waals surface area contributed by atoms with Crippen molar-refractivity contribution < 1.29 is 0 Å². The van der Waals surface area contributed by atoms with Gasteiger partial charge in [0.25, 0.3) is 5.56 Å². The van der Waals surface area contributed by atoms with Crippen LogP contribution in [0.3, 0.4) is 0 Å². The molecule has 0 aliphatic rings. The zero-order chi connectivity index (χ0) is 16.4. The predicted octanol–water partition coefficient (Wildman–Crippen LogP) is 2.42. The van der Waals surface area contributed by atoms with E-state index in [0.29, 0.717) is 27.3 Å². The first-order chi connectivity index (χ1) is 11.1. The van der Waals surface area contributed by atoms with Crippen molar-refractivity contribution in [2.45, 2.75) is 0 Å². The smallest absolute Gasteiger partial charge is 0.267 e. The lowest BCUT2D eigenvalue weighted by Crippen LogP contribution is -2.24. The fourth-order valence-electron chi connectivity index (χ4n) is 2.36. The maximum absolute atomic E-state index is 12.3. The molecule has 0 unspecified atom stereocenters. The summed E-state index contributed by atoms with van der Waals surface area (Å²) in [5, 5.41) is 15.7. The van der Waals surface area contributed by atoms with Crippen LogP contribution in [-0.4, -0.2) is 18.0 Å². The van der Waals surface area contributed by atoms with Crippen LogP contribution in [0.15, 0.2) is 53.3 Å². The van der Waals surface area contributed by atoms with Gasteiger partial charge in [0.05, 0.1) is 17.2 Å². The van der Waals surface area contributed by atoms with Crippen LogP contribution in [-0.2, 0) is 0 Å². The summed E-state index contributed by atoms with van der Waals surface area (Å²) in [5.41, 5.74) is 2.72. The molecule has 4 nitrogen and oxygen atoms in total. The number of nitrogens with zero attached hydrogens (tertiary/aromatic N) is 2. The van der Waals surface area contributed by atoms with Crippen LogP contribution < -0.4 is 11.2 Å². The molecule has 0 aliphatic carbocycles. The topological polar surface area (TPSA) is 69.5 Å². The summed E-state index contributed by atoms with van der Waals surface area (Å²) in [7, 11) is 5.99. The molecular formula is C17H9BClN3O. The molecule has 1 N–H and O–H groups in total. The van der Waals surface area contributed by atoms with E-state index in [1.54, 1.807) is 48.5 Å². The minimum Gasteiger partial charge on any atom is -0.267 e. The lowest BCUT2D eigenvalue weighted by molar-refractivity contribution is 1.02. The molecule has 1 aromatic heterocycles. The number of halogens is 1. The molecule has 3 aromatic rings. The summed E-state index contributed by atoms with van der Waals surface area (Å²) in [6, 6.07) is 15.8. The average Bonchev–Trinajstić information content (AvgIpc) is 2.58. The minimum absolute atomic E-state index is 0.214. The Bertz CT molecular complexity index is 957. The molecule has 0 atom stereocenters. The molecule has 23 heavy (non-hydrogen) atoms. The van der Waals surface area contributed by atoms with Crippen molar-refractivity contribution in [2.24, 2.45) is 0 Å². The minimum atomic E-state index is -0.353. The van der Waals surface area contributed by atoms with Gasteiger partial charge in [0.2, 0.25) is 0 Å². The van der Waals surface area contributed by atoms with E-state index in [4.69, 9.17) is 24.7 Å². The van der Waals surface area contributed by atoms with Crippen molar-refractivity contribution in [3.63, 3.8) is 0 Å². The fraction of sp³-hybridized carbons (Fsp3) is 0. The van der Waals surface area contributed by atoms with Crippen molar-refractivity contribution in [3.05, 3.63) is 69.5 Å². The molecular weight excluding hydrogens is 308 g/mol. The van der Waals surface area contributed by atoms with Crippen molar-refractivity contribution in [2.75, 3.05) is 0 Å². The van der Waals surface area contributed by atoms with E-state index in [-0.39, 0.29) is 11.2 Å². The van der Waals surface area contributed by atoms with E-state index in [1.165, 1.54) is 0 Å². The third-order valence-electron chi connectivity index (χ3n) is 3.45. The van der Waals surface area contributed by atoms with Crippen LogP contribution in [0.4, 0.5) is 0 Å². The van der Waals surface area contributed by atoms with E-state index in [2.05, 4.69) is 10.2 Å². The van der Waals surface area contributed by atoms with Gasteiger partial charge in [-0.3, -0.25) is 4.79 Å². The average molecular weight is 318 g/mol. The number of rotatable bonds is 2. The van der Waals surface area contributed by atoms with Gasteiger partial charge in [-0.2, -0.15) is 10.4 Å². The standard InChI is InChI=1S/C17H9BClN3O/c18-16-14(11-5-7-13(19)8-6-11)15(17(23)22-21-16)12-3-1-10(9-20)2-4-12/h1-8H,(H,22,23). The number of benzene rings is 2. The Kier molecular flexibility index (Phi) is 4.01. The van der Waals surface area contributed by atoms with Crippen LogP contribution in [0.25, 0.3) is 22.3 Å². The van der Waals surface area contributed by atoms with Gasteiger partial charge in [-0.15, -0.1) is 0 Å². The highest BCUT2D eigenvalue weighted by Gasteiger charge is 2.15. The zero-order valence-electron chi connectivity index (χ0n) is 11.9. The summed E-state index contributed by atoms with van der Waals surface area (Å²) >= 11 is 5.91. The summed E-state index contributed by atoms with van der Waals surface area (Å²) in [5.74, 6) is 0. The molecule has 108 valence electrons. The Labute approximate surface area is 138 Å². The molecule has 6 heteroatoms. The number of hydrogen-bond donors (Lipinski definition) is 1. The van der Waals surface area contributed by atoms with E-state index < -0.39 is 0 Å². The Morgan fingerprint density at radius 3 is 2.17 bits per heavy atom. The van der Waals surface area contributed by atoms with Crippen molar-refractivity contribution in [1.29, 1.82) is 5.26 Å². The number of nitriles is 1. The molecule has 3 rings (SSSR count). The highest BCUT2D eigenvalue weighted by Crippen LogP contribution is 2.28. The second kappa shape index (κ2) is 6.11. The molecule has 0 saturated heterocycles. The van der Waals surface area contributed by atoms with Crippen LogP contribution in [0.1, 0.15) is 5.56 Å². The van der Waals surface area contributed by atoms with E-state index in [0.717, 1.165) is 5.56 Å². The quantitative estimate of drug-likeness (QED) is 0.738.